The highest BCUT2D eigenvalue weighted by Gasteiger charge is 2.08. The Bertz CT molecular complexity index is 793. The van der Waals surface area contributed by atoms with Crippen LogP contribution in [0.1, 0.15) is 23.6 Å². The number of hydrogen-bond acceptors (Lipinski definition) is 2. The van der Waals surface area contributed by atoms with Gasteiger partial charge in [-0.2, -0.15) is 0 Å². The van der Waals surface area contributed by atoms with Gasteiger partial charge < -0.3 is 10.4 Å². The standard InChI is InChI=1S/C21H23NO/c1-15-7-10-18(21-6-4-3-5-20(15)21)13-16(2)22-14-17-8-11-19(23)12-9-17/h3-12,16,22-23H,13-14H2,1-2H3. The minimum Gasteiger partial charge on any atom is -0.508 e. The maximum atomic E-state index is 9.33. The lowest BCUT2D eigenvalue weighted by Gasteiger charge is -2.16. The summed E-state index contributed by atoms with van der Waals surface area (Å²) in [4.78, 5) is 0. The van der Waals surface area contributed by atoms with Crippen molar-refractivity contribution >= 4 is 10.8 Å². The van der Waals surface area contributed by atoms with Crippen LogP contribution in [0.5, 0.6) is 5.75 Å². The molecule has 0 amide bonds. The number of aryl methyl sites for hydroxylation is 1. The maximum absolute atomic E-state index is 9.33. The van der Waals surface area contributed by atoms with Gasteiger partial charge in [0.05, 0.1) is 0 Å². The average molecular weight is 305 g/mol. The SMILES string of the molecule is Cc1ccc(CC(C)NCc2ccc(O)cc2)c2ccccc12. The van der Waals surface area contributed by atoms with E-state index >= 15 is 0 Å². The molecule has 2 N–H and O–H groups in total. The zero-order valence-corrected chi connectivity index (χ0v) is 13.7. The zero-order valence-electron chi connectivity index (χ0n) is 13.7. The topological polar surface area (TPSA) is 32.3 Å². The molecule has 118 valence electrons. The number of phenols is 1. The molecular weight excluding hydrogens is 282 g/mol. The highest BCUT2D eigenvalue weighted by molar-refractivity contribution is 5.88. The van der Waals surface area contributed by atoms with Gasteiger partial charge in [0, 0.05) is 12.6 Å². The van der Waals surface area contributed by atoms with Crippen LogP contribution in [0.15, 0.2) is 60.7 Å². The maximum Gasteiger partial charge on any atom is 0.115 e. The van der Waals surface area contributed by atoms with E-state index in [0.29, 0.717) is 11.8 Å². The summed E-state index contributed by atoms with van der Waals surface area (Å²) >= 11 is 0. The Morgan fingerprint density at radius 3 is 2.35 bits per heavy atom. The van der Waals surface area contributed by atoms with Crippen LogP contribution in [0.4, 0.5) is 0 Å². The third-order valence-corrected chi connectivity index (χ3v) is 4.35. The fourth-order valence-corrected chi connectivity index (χ4v) is 3.00. The lowest BCUT2D eigenvalue weighted by Crippen LogP contribution is -2.27. The summed E-state index contributed by atoms with van der Waals surface area (Å²) in [5.41, 5.74) is 3.90. The highest BCUT2D eigenvalue weighted by Crippen LogP contribution is 2.23. The van der Waals surface area contributed by atoms with Gasteiger partial charge in [-0.3, -0.25) is 0 Å². The van der Waals surface area contributed by atoms with Gasteiger partial charge in [0.1, 0.15) is 5.75 Å². The normalized spacial score (nSPS) is 12.4. The van der Waals surface area contributed by atoms with Crippen molar-refractivity contribution in [3.05, 3.63) is 77.4 Å². The molecule has 3 rings (SSSR count). The largest absolute Gasteiger partial charge is 0.508 e. The Hall–Kier alpha value is -2.32. The summed E-state index contributed by atoms with van der Waals surface area (Å²) in [5, 5.41) is 15.6. The Morgan fingerprint density at radius 2 is 1.61 bits per heavy atom. The summed E-state index contributed by atoms with van der Waals surface area (Å²) in [7, 11) is 0. The first-order valence-electron chi connectivity index (χ1n) is 8.12. The third kappa shape index (κ3) is 3.72. The zero-order chi connectivity index (χ0) is 16.2. The van der Waals surface area contributed by atoms with Gasteiger partial charge in [0.2, 0.25) is 0 Å². The van der Waals surface area contributed by atoms with Crippen LogP contribution in [0.2, 0.25) is 0 Å². The van der Waals surface area contributed by atoms with Gasteiger partial charge in [0.25, 0.3) is 0 Å². The number of benzene rings is 3. The van der Waals surface area contributed by atoms with Crippen molar-refractivity contribution in [3.63, 3.8) is 0 Å². The van der Waals surface area contributed by atoms with Crippen molar-refractivity contribution in [1.82, 2.24) is 5.32 Å². The van der Waals surface area contributed by atoms with Crippen molar-refractivity contribution in [2.75, 3.05) is 0 Å². The molecule has 0 saturated heterocycles. The molecule has 0 fully saturated rings. The van der Waals surface area contributed by atoms with E-state index in [1.165, 1.54) is 27.5 Å². The monoisotopic (exact) mass is 305 g/mol. The Morgan fingerprint density at radius 1 is 0.913 bits per heavy atom. The molecule has 0 saturated carbocycles. The van der Waals surface area contributed by atoms with Crippen LogP contribution in [-0.2, 0) is 13.0 Å². The molecule has 0 aliphatic heterocycles. The molecule has 3 aromatic rings. The first-order chi connectivity index (χ1) is 11.1. The molecular formula is C21H23NO. The van der Waals surface area contributed by atoms with E-state index in [1.807, 2.05) is 12.1 Å². The van der Waals surface area contributed by atoms with E-state index in [0.717, 1.165) is 13.0 Å². The van der Waals surface area contributed by atoms with Crippen LogP contribution < -0.4 is 5.32 Å². The molecule has 1 unspecified atom stereocenters. The quantitative estimate of drug-likeness (QED) is 0.723. The lowest BCUT2D eigenvalue weighted by atomic mass is 9.96. The Kier molecular flexibility index (Phi) is 4.63. The fourth-order valence-electron chi connectivity index (χ4n) is 3.00. The second kappa shape index (κ2) is 6.84. The molecule has 23 heavy (non-hydrogen) atoms. The smallest absolute Gasteiger partial charge is 0.115 e. The van der Waals surface area contributed by atoms with Crippen LogP contribution in [0.25, 0.3) is 10.8 Å². The summed E-state index contributed by atoms with van der Waals surface area (Å²) in [6, 6.07) is 20.8. The summed E-state index contributed by atoms with van der Waals surface area (Å²) in [6.07, 6.45) is 0.999. The first-order valence-corrected chi connectivity index (χ1v) is 8.12. The predicted molar refractivity (Wildman–Crippen MR) is 96.8 cm³/mol. The second-order valence-corrected chi connectivity index (χ2v) is 6.24. The van der Waals surface area contributed by atoms with Crippen molar-refractivity contribution in [3.8, 4) is 5.75 Å². The molecule has 2 heteroatoms. The van der Waals surface area contributed by atoms with E-state index in [2.05, 4.69) is 55.6 Å². The van der Waals surface area contributed by atoms with E-state index in [9.17, 15) is 5.11 Å². The predicted octanol–water partition coefficient (Wildman–Crippen LogP) is 4.57. The van der Waals surface area contributed by atoms with Gasteiger partial charge in [-0.05, 0) is 59.9 Å². The number of aromatic hydroxyl groups is 1. The number of phenolic OH excluding ortho intramolecular Hbond substituents is 1. The van der Waals surface area contributed by atoms with Gasteiger partial charge in [-0.25, -0.2) is 0 Å². The molecule has 0 bridgehead atoms. The van der Waals surface area contributed by atoms with Gasteiger partial charge in [-0.1, -0.05) is 48.5 Å². The molecule has 1 atom stereocenters. The van der Waals surface area contributed by atoms with Gasteiger partial charge in [0.15, 0.2) is 0 Å². The van der Waals surface area contributed by atoms with E-state index in [4.69, 9.17) is 0 Å². The van der Waals surface area contributed by atoms with Crippen molar-refractivity contribution in [2.45, 2.75) is 32.9 Å². The van der Waals surface area contributed by atoms with Crippen molar-refractivity contribution in [2.24, 2.45) is 0 Å². The van der Waals surface area contributed by atoms with E-state index < -0.39 is 0 Å². The summed E-state index contributed by atoms with van der Waals surface area (Å²) in [5.74, 6) is 0.313. The van der Waals surface area contributed by atoms with Crippen molar-refractivity contribution < 1.29 is 5.11 Å². The number of rotatable bonds is 5. The van der Waals surface area contributed by atoms with Gasteiger partial charge >= 0.3 is 0 Å². The third-order valence-electron chi connectivity index (χ3n) is 4.35. The van der Waals surface area contributed by atoms with Crippen LogP contribution in [0.3, 0.4) is 0 Å². The lowest BCUT2D eigenvalue weighted by molar-refractivity contribution is 0.474. The van der Waals surface area contributed by atoms with Crippen LogP contribution in [0, 0.1) is 6.92 Å². The Labute approximate surface area is 137 Å². The molecule has 0 spiro atoms. The minimum atomic E-state index is 0.313. The van der Waals surface area contributed by atoms with Crippen LogP contribution in [-0.4, -0.2) is 11.1 Å². The highest BCUT2D eigenvalue weighted by atomic mass is 16.3. The molecule has 0 aromatic heterocycles. The molecule has 0 aliphatic carbocycles. The van der Waals surface area contributed by atoms with Gasteiger partial charge in [-0.15, -0.1) is 0 Å². The molecule has 2 nitrogen and oxygen atoms in total. The summed E-state index contributed by atoms with van der Waals surface area (Å²) in [6.45, 7) is 5.19. The number of fused-ring (bicyclic) bond motifs is 1. The summed E-state index contributed by atoms with van der Waals surface area (Å²) < 4.78 is 0. The molecule has 0 aliphatic rings. The Balaban J connectivity index is 1.69. The van der Waals surface area contributed by atoms with E-state index in [-0.39, 0.29) is 0 Å². The van der Waals surface area contributed by atoms with Crippen LogP contribution >= 0.6 is 0 Å². The molecule has 0 radical (unpaired) electrons. The van der Waals surface area contributed by atoms with E-state index in [1.54, 1.807) is 12.1 Å². The molecule has 0 heterocycles. The average Bonchev–Trinajstić information content (AvgIpc) is 2.57. The number of nitrogens with one attached hydrogen (secondary N) is 1. The second-order valence-electron chi connectivity index (χ2n) is 6.24. The number of hydrogen-bond donors (Lipinski definition) is 2. The van der Waals surface area contributed by atoms with Crippen molar-refractivity contribution in [1.29, 1.82) is 0 Å². The first kappa shape index (κ1) is 15.6. The minimum absolute atomic E-state index is 0.313. The fraction of sp³-hybridized carbons (Fsp3) is 0.238. The molecule has 3 aromatic carbocycles.